The highest BCUT2D eigenvalue weighted by Gasteiger charge is 2.35. The number of para-hydroxylation sites is 1. The molecule has 3 aromatic rings. The molecule has 132 valence electrons. The summed E-state index contributed by atoms with van der Waals surface area (Å²) in [6, 6.07) is 15.7. The van der Waals surface area contributed by atoms with Crippen LogP contribution in [0.25, 0.3) is 10.2 Å². The Morgan fingerprint density at radius 1 is 1.23 bits per heavy atom. The molecule has 6 heteroatoms. The summed E-state index contributed by atoms with van der Waals surface area (Å²) in [4.78, 5) is 31.0. The third kappa shape index (κ3) is 3.32. The highest BCUT2D eigenvalue weighted by Crippen LogP contribution is 2.26. The highest BCUT2D eigenvalue weighted by molar-refractivity contribution is 7.18. The first-order valence-electron chi connectivity index (χ1n) is 8.59. The zero-order valence-corrected chi connectivity index (χ0v) is 15.3. The van der Waals surface area contributed by atoms with Gasteiger partial charge in [0.2, 0.25) is 11.8 Å². The van der Waals surface area contributed by atoms with Crippen molar-refractivity contribution < 1.29 is 9.59 Å². The van der Waals surface area contributed by atoms with E-state index in [0.29, 0.717) is 13.1 Å². The molecule has 0 saturated carbocycles. The van der Waals surface area contributed by atoms with E-state index in [9.17, 15) is 9.59 Å². The van der Waals surface area contributed by atoms with Crippen molar-refractivity contribution in [2.24, 2.45) is 5.92 Å². The van der Waals surface area contributed by atoms with Crippen LogP contribution in [0.5, 0.6) is 0 Å². The number of carbonyl (C=O) groups is 2. The van der Waals surface area contributed by atoms with E-state index in [2.05, 4.69) is 10.3 Å². The van der Waals surface area contributed by atoms with Crippen molar-refractivity contribution in [3.8, 4) is 0 Å². The van der Waals surface area contributed by atoms with Crippen molar-refractivity contribution in [1.82, 2.24) is 10.3 Å². The molecule has 5 nitrogen and oxygen atoms in total. The number of amides is 2. The number of hydrogen-bond donors (Lipinski definition) is 1. The van der Waals surface area contributed by atoms with E-state index in [0.717, 1.165) is 26.5 Å². The maximum Gasteiger partial charge on any atom is 0.227 e. The summed E-state index contributed by atoms with van der Waals surface area (Å²) < 4.78 is 1.11. The average molecular weight is 365 g/mol. The molecule has 1 atom stereocenters. The molecule has 1 N–H and O–H groups in total. The molecule has 1 unspecified atom stereocenters. The quantitative estimate of drug-likeness (QED) is 0.772. The largest absolute Gasteiger partial charge is 0.349 e. The second-order valence-electron chi connectivity index (χ2n) is 6.53. The standard InChI is InChI=1S/C20H19N3O2S/c1-13-6-8-15(9-7-13)23-12-14(10-19(23)24)20(25)21-11-18-22-16-4-2-3-5-17(16)26-18/h2-9,14H,10-12H2,1H3,(H,21,25). The summed E-state index contributed by atoms with van der Waals surface area (Å²) in [5.41, 5.74) is 2.94. The van der Waals surface area contributed by atoms with Crippen LogP contribution in [0.4, 0.5) is 5.69 Å². The predicted octanol–water partition coefficient (Wildman–Crippen LogP) is 3.27. The van der Waals surface area contributed by atoms with Gasteiger partial charge in [0, 0.05) is 18.7 Å². The van der Waals surface area contributed by atoms with Gasteiger partial charge in [0.15, 0.2) is 0 Å². The van der Waals surface area contributed by atoms with Crippen LogP contribution >= 0.6 is 11.3 Å². The van der Waals surface area contributed by atoms with Crippen molar-refractivity contribution in [3.05, 3.63) is 59.1 Å². The second-order valence-corrected chi connectivity index (χ2v) is 7.65. The van der Waals surface area contributed by atoms with Crippen LogP contribution in [-0.2, 0) is 16.1 Å². The summed E-state index contributed by atoms with van der Waals surface area (Å²) in [7, 11) is 0. The highest BCUT2D eigenvalue weighted by atomic mass is 32.1. The number of rotatable bonds is 4. The van der Waals surface area contributed by atoms with E-state index in [-0.39, 0.29) is 24.2 Å². The number of anilines is 1. The fourth-order valence-corrected chi connectivity index (χ4v) is 4.07. The van der Waals surface area contributed by atoms with Crippen molar-refractivity contribution in [1.29, 1.82) is 0 Å². The zero-order chi connectivity index (χ0) is 18.1. The van der Waals surface area contributed by atoms with Gasteiger partial charge in [-0.25, -0.2) is 4.98 Å². The second kappa shape index (κ2) is 6.88. The van der Waals surface area contributed by atoms with Crippen molar-refractivity contribution >= 4 is 39.1 Å². The molecule has 0 bridgehead atoms. The van der Waals surface area contributed by atoms with Gasteiger partial charge in [0.1, 0.15) is 5.01 Å². The van der Waals surface area contributed by atoms with Crippen LogP contribution in [0.15, 0.2) is 48.5 Å². The van der Waals surface area contributed by atoms with Crippen LogP contribution < -0.4 is 10.2 Å². The number of nitrogens with one attached hydrogen (secondary N) is 1. The number of thiazole rings is 1. The summed E-state index contributed by atoms with van der Waals surface area (Å²) in [5, 5.41) is 3.81. The maximum atomic E-state index is 12.5. The Labute approximate surface area is 155 Å². The van der Waals surface area contributed by atoms with Gasteiger partial charge in [-0.05, 0) is 31.2 Å². The first-order chi connectivity index (χ1) is 12.6. The molecule has 4 rings (SSSR count). The molecule has 0 spiro atoms. The molecular formula is C20H19N3O2S. The van der Waals surface area contributed by atoms with Gasteiger partial charge < -0.3 is 10.2 Å². The fraction of sp³-hybridized carbons (Fsp3) is 0.250. The first kappa shape index (κ1) is 16.7. The van der Waals surface area contributed by atoms with Gasteiger partial charge in [-0.1, -0.05) is 29.8 Å². The van der Waals surface area contributed by atoms with Gasteiger partial charge in [0.25, 0.3) is 0 Å². The summed E-state index contributed by atoms with van der Waals surface area (Å²) in [6.07, 6.45) is 0.250. The number of aryl methyl sites for hydroxylation is 1. The third-order valence-corrected chi connectivity index (χ3v) is 5.63. The van der Waals surface area contributed by atoms with Crippen molar-refractivity contribution in [2.45, 2.75) is 19.9 Å². The van der Waals surface area contributed by atoms with Crippen LogP contribution in [-0.4, -0.2) is 23.3 Å². The molecule has 0 aliphatic carbocycles. The summed E-state index contributed by atoms with van der Waals surface area (Å²) in [6.45, 7) is 2.83. The lowest BCUT2D eigenvalue weighted by molar-refractivity contribution is -0.126. The minimum absolute atomic E-state index is 0.00556. The number of carbonyl (C=O) groups excluding carboxylic acids is 2. The number of hydrogen-bond acceptors (Lipinski definition) is 4. The van der Waals surface area contributed by atoms with Gasteiger partial charge in [-0.3, -0.25) is 9.59 Å². The molecular weight excluding hydrogens is 346 g/mol. The van der Waals surface area contributed by atoms with Crippen molar-refractivity contribution in [3.63, 3.8) is 0 Å². The lowest BCUT2D eigenvalue weighted by atomic mass is 10.1. The Balaban J connectivity index is 1.39. The molecule has 1 aromatic heterocycles. The van der Waals surface area contributed by atoms with Crippen molar-refractivity contribution in [2.75, 3.05) is 11.4 Å². The molecule has 1 fully saturated rings. The molecule has 26 heavy (non-hydrogen) atoms. The Bertz CT molecular complexity index is 932. The Hall–Kier alpha value is -2.73. The normalized spacial score (nSPS) is 17.0. The average Bonchev–Trinajstić information content (AvgIpc) is 3.23. The molecule has 2 aromatic carbocycles. The van der Waals surface area contributed by atoms with Crippen LogP contribution in [0.2, 0.25) is 0 Å². The van der Waals surface area contributed by atoms with E-state index in [1.807, 2.05) is 55.5 Å². The van der Waals surface area contributed by atoms with Gasteiger partial charge >= 0.3 is 0 Å². The molecule has 1 aliphatic rings. The lowest BCUT2D eigenvalue weighted by Crippen LogP contribution is -2.32. The Morgan fingerprint density at radius 3 is 2.77 bits per heavy atom. The third-order valence-electron chi connectivity index (χ3n) is 4.59. The monoisotopic (exact) mass is 365 g/mol. The molecule has 2 heterocycles. The van der Waals surface area contributed by atoms with Gasteiger partial charge in [-0.15, -0.1) is 11.3 Å². The Morgan fingerprint density at radius 2 is 2.00 bits per heavy atom. The topological polar surface area (TPSA) is 62.3 Å². The minimum Gasteiger partial charge on any atom is -0.349 e. The van der Waals surface area contributed by atoms with Gasteiger partial charge in [-0.2, -0.15) is 0 Å². The smallest absolute Gasteiger partial charge is 0.227 e. The summed E-state index contributed by atoms with van der Waals surface area (Å²) >= 11 is 1.58. The van der Waals surface area contributed by atoms with E-state index in [4.69, 9.17) is 0 Å². The van der Waals surface area contributed by atoms with E-state index in [1.54, 1.807) is 16.2 Å². The fourth-order valence-electron chi connectivity index (χ4n) is 3.16. The van der Waals surface area contributed by atoms with Crippen LogP contribution in [0.3, 0.4) is 0 Å². The first-order valence-corrected chi connectivity index (χ1v) is 9.41. The van der Waals surface area contributed by atoms with Gasteiger partial charge in [0.05, 0.1) is 22.7 Å². The number of benzene rings is 2. The predicted molar refractivity (Wildman–Crippen MR) is 103 cm³/mol. The number of aromatic nitrogens is 1. The van der Waals surface area contributed by atoms with Crippen LogP contribution in [0, 0.1) is 12.8 Å². The Kier molecular flexibility index (Phi) is 4.42. The molecule has 2 amide bonds. The SMILES string of the molecule is Cc1ccc(N2CC(C(=O)NCc3nc4ccccc4s3)CC2=O)cc1. The zero-order valence-electron chi connectivity index (χ0n) is 14.4. The molecule has 0 radical (unpaired) electrons. The molecule has 1 aliphatic heterocycles. The lowest BCUT2D eigenvalue weighted by Gasteiger charge is -2.16. The number of nitrogens with zero attached hydrogens (tertiary/aromatic N) is 2. The van der Waals surface area contributed by atoms with E-state index < -0.39 is 0 Å². The van der Waals surface area contributed by atoms with E-state index >= 15 is 0 Å². The molecule has 1 saturated heterocycles. The minimum atomic E-state index is -0.321. The van der Waals surface area contributed by atoms with Crippen LogP contribution in [0.1, 0.15) is 17.0 Å². The van der Waals surface area contributed by atoms with E-state index in [1.165, 1.54) is 0 Å². The number of fused-ring (bicyclic) bond motifs is 1. The summed E-state index contributed by atoms with van der Waals surface area (Å²) in [5.74, 6) is -0.417. The maximum absolute atomic E-state index is 12.5.